The Kier molecular flexibility index (Phi) is 7.10. The van der Waals surface area contributed by atoms with Crippen LogP contribution in [0.25, 0.3) is 0 Å². The molecule has 30 heavy (non-hydrogen) atoms. The third kappa shape index (κ3) is 6.32. The Morgan fingerprint density at radius 1 is 0.900 bits per heavy atom. The number of hydrogen-bond donors (Lipinski definition) is 4. The summed E-state index contributed by atoms with van der Waals surface area (Å²) in [6, 6.07) is 24.5. The molecule has 0 saturated carbocycles. The number of phenolic OH excluding ortho intramolecular Hbond substituents is 1. The van der Waals surface area contributed by atoms with Crippen molar-refractivity contribution in [2.24, 2.45) is 0 Å². The average Bonchev–Trinajstić information content (AvgIpc) is 2.73. The fourth-order valence-corrected chi connectivity index (χ4v) is 3.82. The number of phenols is 1. The van der Waals surface area contributed by atoms with Gasteiger partial charge in [0.05, 0.1) is 18.0 Å². The molecule has 0 heterocycles. The summed E-state index contributed by atoms with van der Waals surface area (Å²) in [4.78, 5) is 0. The van der Waals surface area contributed by atoms with Gasteiger partial charge in [0.1, 0.15) is 5.75 Å². The first-order valence-electron chi connectivity index (χ1n) is 9.63. The number of anilines is 1. The summed E-state index contributed by atoms with van der Waals surface area (Å²) in [5.41, 5.74) is 2.83. The van der Waals surface area contributed by atoms with E-state index in [0.29, 0.717) is 5.56 Å². The summed E-state index contributed by atoms with van der Waals surface area (Å²) in [6.45, 7) is 0.259. The predicted molar refractivity (Wildman–Crippen MR) is 119 cm³/mol. The number of aromatic hydroxyl groups is 1. The van der Waals surface area contributed by atoms with Gasteiger partial charge in [0, 0.05) is 12.6 Å². The minimum absolute atomic E-state index is 0.00557. The molecule has 3 rings (SSSR count). The molecule has 158 valence electrons. The zero-order chi connectivity index (χ0) is 21.6. The Labute approximate surface area is 177 Å². The first-order chi connectivity index (χ1) is 14.3. The van der Waals surface area contributed by atoms with Gasteiger partial charge in [-0.1, -0.05) is 66.7 Å². The summed E-state index contributed by atoms with van der Waals surface area (Å²) < 4.78 is 25.2. The molecule has 0 spiro atoms. The molecule has 0 fully saturated rings. The summed E-state index contributed by atoms with van der Waals surface area (Å²) >= 11 is 0. The van der Waals surface area contributed by atoms with Crippen LogP contribution in [-0.4, -0.2) is 31.4 Å². The molecule has 0 aromatic heterocycles. The lowest BCUT2D eigenvalue weighted by atomic mass is 9.98. The number of benzene rings is 3. The Bertz CT molecular complexity index is 1060. The van der Waals surface area contributed by atoms with Gasteiger partial charge >= 0.3 is 0 Å². The molecular formula is C23H26N2O4S. The zero-order valence-electron chi connectivity index (χ0n) is 16.7. The lowest BCUT2D eigenvalue weighted by molar-refractivity contribution is 0.169. The maximum Gasteiger partial charge on any atom is 0.229 e. The Morgan fingerprint density at radius 2 is 1.53 bits per heavy atom. The van der Waals surface area contributed by atoms with Gasteiger partial charge in [-0.05, 0) is 35.2 Å². The molecule has 6 nitrogen and oxygen atoms in total. The quantitative estimate of drug-likeness (QED) is 0.393. The number of rotatable bonds is 9. The molecule has 0 aliphatic rings. The van der Waals surface area contributed by atoms with Crippen LogP contribution in [0.4, 0.5) is 5.69 Å². The van der Waals surface area contributed by atoms with E-state index in [1.54, 1.807) is 6.07 Å². The van der Waals surface area contributed by atoms with E-state index in [4.69, 9.17) is 0 Å². The largest absolute Gasteiger partial charge is 0.506 e. The predicted octanol–water partition coefficient (Wildman–Crippen LogP) is 3.37. The molecule has 3 aromatic carbocycles. The van der Waals surface area contributed by atoms with Gasteiger partial charge in [0.15, 0.2) is 0 Å². The van der Waals surface area contributed by atoms with Crippen molar-refractivity contribution in [3.63, 3.8) is 0 Å². The Hall–Kier alpha value is -2.87. The van der Waals surface area contributed by atoms with Crippen LogP contribution in [0.1, 0.15) is 28.8 Å². The molecule has 0 aliphatic heterocycles. The lowest BCUT2D eigenvalue weighted by Gasteiger charge is -2.22. The summed E-state index contributed by atoms with van der Waals surface area (Å²) in [6.07, 6.45) is 0.881. The molecule has 2 unspecified atom stereocenters. The van der Waals surface area contributed by atoms with Crippen molar-refractivity contribution in [2.45, 2.75) is 18.6 Å². The van der Waals surface area contributed by atoms with E-state index >= 15 is 0 Å². The van der Waals surface area contributed by atoms with Crippen LogP contribution in [0.2, 0.25) is 0 Å². The van der Waals surface area contributed by atoms with Gasteiger partial charge < -0.3 is 15.5 Å². The van der Waals surface area contributed by atoms with E-state index < -0.39 is 16.1 Å². The molecule has 0 bridgehead atoms. The summed E-state index contributed by atoms with van der Waals surface area (Å²) in [5, 5.41) is 24.0. The lowest BCUT2D eigenvalue weighted by Crippen LogP contribution is -2.28. The third-order valence-corrected chi connectivity index (χ3v) is 5.33. The Balaban J connectivity index is 1.74. The number of aliphatic hydroxyl groups excluding tert-OH is 1. The van der Waals surface area contributed by atoms with E-state index in [1.165, 1.54) is 17.7 Å². The van der Waals surface area contributed by atoms with Gasteiger partial charge in [-0.25, -0.2) is 8.42 Å². The van der Waals surface area contributed by atoms with Gasteiger partial charge in [-0.2, -0.15) is 0 Å². The fourth-order valence-electron chi connectivity index (χ4n) is 3.26. The maximum absolute atomic E-state index is 11.5. The minimum Gasteiger partial charge on any atom is -0.506 e. The molecule has 0 saturated heterocycles. The number of nitrogens with one attached hydrogen (secondary N) is 2. The van der Waals surface area contributed by atoms with Crippen molar-refractivity contribution in [1.29, 1.82) is 0 Å². The van der Waals surface area contributed by atoms with Crippen LogP contribution < -0.4 is 10.0 Å². The van der Waals surface area contributed by atoms with Crippen LogP contribution in [-0.2, 0) is 16.4 Å². The van der Waals surface area contributed by atoms with E-state index in [2.05, 4.69) is 22.2 Å². The normalized spacial score (nSPS) is 13.5. The molecule has 0 radical (unpaired) electrons. The van der Waals surface area contributed by atoms with E-state index in [0.717, 1.165) is 18.2 Å². The van der Waals surface area contributed by atoms with Crippen molar-refractivity contribution in [3.05, 3.63) is 95.6 Å². The molecule has 7 heteroatoms. The number of sulfonamides is 1. The van der Waals surface area contributed by atoms with Gasteiger partial charge in [0.2, 0.25) is 10.0 Å². The molecule has 0 amide bonds. The van der Waals surface area contributed by atoms with Crippen LogP contribution in [0.3, 0.4) is 0 Å². The standard InChI is InChI=1S/C23H26N2O4S/c1-30(28,29)25-21-15-19(12-13-22(21)26)23(27)16-24-20(18-10-6-3-7-11-18)14-17-8-4-2-5-9-17/h2-13,15,20,23-27H,14,16H2,1H3. The highest BCUT2D eigenvalue weighted by Gasteiger charge is 2.17. The topological polar surface area (TPSA) is 98.7 Å². The second kappa shape index (κ2) is 9.75. The zero-order valence-corrected chi connectivity index (χ0v) is 17.5. The minimum atomic E-state index is -3.55. The highest BCUT2D eigenvalue weighted by molar-refractivity contribution is 7.92. The molecule has 3 aromatic rings. The van der Waals surface area contributed by atoms with Crippen molar-refractivity contribution >= 4 is 15.7 Å². The Morgan fingerprint density at radius 3 is 2.17 bits per heavy atom. The van der Waals surface area contributed by atoms with Gasteiger partial charge in [-0.3, -0.25) is 4.72 Å². The van der Waals surface area contributed by atoms with E-state index in [1.807, 2.05) is 48.5 Å². The maximum atomic E-state index is 11.5. The SMILES string of the molecule is CS(=O)(=O)Nc1cc(C(O)CNC(Cc2ccccc2)c2ccccc2)ccc1O. The second-order valence-corrected chi connectivity index (χ2v) is 8.98. The van der Waals surface area contributed by atoms with Crippen molar-refractivity contribution in [3.8, 4) is 5.75 Å². The van der Waals surface area contributed by atoms with Crippen LogP contribution in [0.5, 0.6) is 5.75 Å². The monoisotopic (exact) mass is 426 g/mol. The van der Waals surface area contributed by atoms with E-state index in [-0.39, 0.29) is 24.0 Å². The third-order valence-electron chi connectivity index (χ3n) is 4.74. The molecule has 0 aliphatic carbocycles. The fraction of sp³-hybridized carbons (Fsp3) is 0.217. The molecular weight excluding hydrogens is 400 g/mol. The van der Waals surface area contributed by atoms with Crippen LogP contribution in [0.15, 0.2) is 78.9 Å². The van der Waals surface area contributed by atoms with Crippen LogP contribution >= 0.6 is 0 Å². The van der Waals surface area contributed by atoms with E-state index in [9.17, 15) is 18.6 Å². The smallest absolute Gasteiger partial charge is 0.229 e. The number of aliphatic hydroxyl groups is 1. The summed E-state index contributed by atoms with van der Waals surface area (Å²) in [5.74, 6) is -0.199. The van der Waals surface area contributed by atoms with Crippen molar-refractivity contribution in [1.82, 2.24) is 5.32 Å². The highest BCUT2D eigenvalue weighted by atomic mass is 32.2. The molecule has 4 N–H and O–H groups in total. The average molecular weight is 427 g/mol. The van der Waals surface area contributed by atoms with Crippen molar-refractivity contribution < 1.29 is 18.6 Å². The first kappa shape index (κ1) is 21.8. The first-order valence-corrected chi connectivity index (χ1v) is 11.5. The van der Waals surface area contributed by atoms with Crippen LogP contribution in [0, 0.1) is 0 Å². The second-order valence-electron chi connectivity index (χ2n) is 7.23. The van der Waals surface area contributed by atoms with Crippen molar-refractivity contribution in [2.75, 3.05) is 17.5 Å². The summed E-state index contributed by atoms with van der Waals surface area (Å²) in [7, 11) is -3.55. The molecule has 2 atom stereocenters. The number of hydrogen-bond acceptors (Lipinski definition) is 5. The highest BCUT2D eigenvalue weighted by Crippen LogP contribution is 2.28. The van der Waals surface area contributed by atoms with Gasteiger partial charge in [-0.15, -0.1) is 0 Å². The van der Waals surface area contributed by atoms with Gasteiger partial charge in [0.25, 0.3) is 0 Å².